The topological polar surface area (TPSA) is 35.5 Å². The Morgan fingerprint density at radius 1 is 1.05 bits per heavy atom. The second-order valence-electron chi connectivity index (χ2n) is 5.23. The van der Waals surface area contributed by atoms with Gasteiger partial charge in [0.25, 0.3) is 0 Å². The minimum absolute atomic E-state index is 0.174. The van der Waals surface area contributed by atoms with Crippen molar-refractivity contribution in [3.63, 3.8) is 0 Å². The molecular weight excluding hydrogens is 254 g/mol. The monoisotopic (exact) mass is 278 g/mol. The number of fused-ring (bicyclic) bond motifs is 1. The largest absolute Gasteiger partial charge is 0.486 e. The van der Waals surface area contributed by atoms with Crippen molar-refractivity contribution in [1.82, 2.24) is 0 Å². The minimum Gasteiger partial charge on any atom is -0.486 e. The molecule has 0 saturated heterocycles. The first kappa shape index (κ1) is 14.9. The molecular formula is C16H24NO3+. The van der Waals surface area contributed by atoms with E-state index in [1.807, 2.05) is 18.2 Å². The molecule has 0 spiro atoms. The SMILES string of the molecule is CC[N+](CC)(CC)CC(=O)c1ccc2c(c1)OCCO2. The molecule has 0 amide bonds. The molecule has 1 aliphatic heterocycles. The molecule has 0 aromatic heterocycles. The molecule has 0 bridgehead atoms. The van der Waals surface area contributed by atoms with E-state index in [2.05, 4.69) is 20.8 Å². The zero-order chi connectivity index (χ0) is 14.6. The number of ether oxygens (including phenoxy) is 2. The summed E-state index contributed by atoms with van der Waals surface area (Å²) < 4.78 is 11.9. The van der Waals surface area contributed by atoms with E-state index < -0.39 is 0 Å². The first-order valence-corrected chi connectivity index (χ1v) is 7.42. The van der Waals surface area contributed by atoms with Crippen molar-refractivity contribution in [2.45, 2.75) is 20.8 Å². The lowest BCUT2D eigenvalue weighted by Gasteiger charge is -2.35. The zero-order valence-electron chi connectivity index (χ0n) is 12.6. The number of likely N-dealkylation sites (N-methyl/N-ethyl adjacent to an activating group) is 1. The number of rotatable bonds is 6. The first-order valence-electron chi connectivity index (χ1n) is 7.42. The van der Waals surface area contributed by atoms with Gasteiger partial charge in [-0.1, -0.05) is 0 Å². The number of hydrogen-bond donors (Lipinski definition) is 0. The number of hydrogen-bond acceptors (Lipinski definition) is 3. The maximum Gasteiger partial charge on any atom is 0.217 e. The van der Waals surface area contributed by atoms with Crippen molar-refractivity contribution in [1.29, 1.82) is 0 Å². The van der Waals surface area contributed by atoms with Crippen LogP contribution in [0.4, 0.5) is 0 Å². The fraction of sp³-hybridized carbons (Fsp3) is 0.562. The van der Waals surface area contributed by atoms with Crippen LogP contribution < -0.4 is 9.47 Å². The van der Waals surface area contributed by atoms with Gasteiger partial charge in [-0.05, 0) is 39.0 Å². The molecule has 4 heteroatoms. The quantitative estimate of drug-likeness (QED) is 0.592. The van der Waals surface area contributed by atoms with Gasteiger partial charge < -0.3 is 14.0 Å². The standard InChI is InChI=1S/C16H24NO3/c1-4-17(5-2,6-3)12-14(18)13-7-8-15-16(11-13)20-10-9-19-15/h7-8,11H,4-6,9-10,12H2,1-3H3/q+1. The van der Waals surface area contributed by atoms with Crippen molar-refractivity contribution in [2.24, 2.45) is 0 Å². The highest BCUT2D eigenvalue weighted by molar-refractivity contribution is 5.97. The molecule has 0 radical (unpaired) electrons. The zero-order valence-corrected chi connectivity index (χ0v) is 12.6. The van der Waals surface area contributed by atoms with Crippen LogP contribution >= 0.6 is 0 Å². The number of carbonyl (C=O) groups excluding carboxylic acids is 1. The molecule has 1 aromatic carbocycles. The second-order valence-corrected chi connectivity index (χ2v) is 5.23. The molecule has 0 N–H and O–H groups in total. The number of nitrogens with zero attached hydrogens (tertiary/aromatic N) is 1. The van der Waals surface area contributed by atoms with E-state index in [0.717, 1.165) is 29.9 Å². The summed E-state index contributed by atoms with van der Waals surface area (Å²) in [5.41, 5.74) is 0.715. The molecule has 110 valence electrons. The third-order valence-electron chi connectivity index (χ3n) is 4.36. The minimum atomic E-state index is 0.174. The Balaban J connectivity index is 2.17. The third-order valence-corrected chi connectivity index (χ3v) is 4.36. The van der Waals surface area contributed by atoms with Crippen molar-refractivity contribution in [3.05, 3.63) is 23.8 Å². The van der Waals surface area contributed by atoms with Gasteiger partial charge in [-0.3, -0.25) is 4.79 Å². The predicted octanol–water partition coefficient (Wildman–Crippen LogP) is 2.52. The smallest absolute Gasteiger partial charge is 0.217 e. The molecule has 0 saturated carbocycles. The lowest BCUT2D eigenvalue weighted by molar-refractivity contribution is -0.915. The molecule has 1 aromatic rings. The van der Waals surface area contributed by atoms with Crippen LogP contribution in [0, 0.1) is 0 Å². The van der Waals surface area contributed by atoms with Gasteiger partial charge in [-0.2, -0.15) is 0 Å². The highest BCUT2D eigenvalue weighted by Crippen LogP contribution is 2.31. The Morgan fingerprint density at radius 2 is 1.65 bits per heavy atom. The molecule has 1 aliphatic rings. The van der Waals surface area contributed by atoms with E-state index in [1.54, 1.807) is 0 Å². The van der Waals surface area contributed by atoms with Gasteiger partial charge in [0, 0.05) is 5.56 Å². The summed E-state index contributed by atoms with van der Waals surface area (Å²) in [6, 6.07) is 5.48. The summed E-state index contributed by atoms with van der Waals surface area (Å²) in [7, 11) is 0. The van der Waals surface area contributed by atoms with E-state index in [4.69, 9.17) is 9.47 Å². The molecule has 2 rings (SSSR count). The maximum absolute atomic E-state index is 12.5. The van der Waals surface area contributed by atoms with Crippen LogP contribution in [0.2, 0.25) is 0 Å². The Hall–Kier alpha value is -1.55. The average Bonchev–Trinajstić information content (AvgIpc) is 2.52. The predicted molar refractivity (Wildman–Crippen MR) is 78.5 cm³/mol. The van der Waals surface area contributed by atoms with Crippen LogP contribution in [0.5, 0.6) is 11.5 Å². The Kier molecular flexibility index (Phi) is 4.65. The van der Waals surface area contributed by atoms with Crippen LogP contribution in [0.3, 0.4) is 0 Å². The molecule has 0 aliphatic carbocycles. The van der Waals surface area contributed by atoms with Crippen LogP contribution in [0.15, 0.2) is 18.2 Å². The van der Waals surface area contributed by atoms with Crippen molar-refractivity contribution >= 4 is 5.78 Å². The van der Waals surface area contributed by atoms with Gasteiger partial charge in [-0.25, -0.2) is 0 Å². The third kappa shape index (κ3) is 2.96. The number of carbonyl (C=O) groups is 1. The summed E-state index contributed by atoms with van der Waals surface area (Å²) in [6.07, 6.45) is 0. The average molecular weight is 278 g/mol. The Morgan fingerprint density at radius 3 is 2.25 bits per heavy atom. The fourth-order valence-corrected chi connectivity index (χ4v) is 2.62. The number of ketones is 1. The van der Waals surface area contributed by atoms with Crippen LogP contribution in [-0.4, -0.2) is 49.7 Å². The normalized spacial score (nSPS) is 14.2. The summed E-state index contributed by atoms with van der Waals surface area (Å²) in [5, 5.41) is 0. The van der Waals surface area contributed by atoms with Crippen molar-refractivity contribution in [2.75, 3.05) is 39.4 Å². The van der Waals surface area contributed by atoms with Crippen LogP contribution in [-0.2, 0) is 0 Å². The van der Waals surface area contributed by atoms with E-state index >= 15 is 0 Å². The van der Waals surface area contributed by atoms with Gasteiger partial charge in [-0.15, -0.1) is 0 Å². The first-order chi connectivity index (χ1) is 9.64. The van der Waals surface area contributed by atoms with Gasteiger partial charge in [0.2, 0.25) is 5.78 Å². The lowest BCUT2D eigenvalue weighted by Crippen LogP contribution is -2.50. The fourth-order valence-electron chi connectivity index (χ4n) is 2.62. The van der Waals surface area contributed by atoms with E-state index in [1.165, 1.54) is 0 Å². The molecule has 0 atom stereocenters. The van der Waals surface area contributed by atoms with Gasteiger partial charge >= 0.3 is 0 Å². The summed E-state index contributed by atoms with van der Waals surface area (Å²) in [4.78, 5) is 12.5. The van der Waals surface area contributed by atoms with Gasteiger partial charge in [0.1, 0.15) is 19.8 Å². The lowest BCUT2D eigenvalue weighted by atomic mass is 10.1. The van der Waals surface area contributed by atoms with Gasteiger partial charge in [0.05, 0.1) is 19.6 Å². The van der Waals surface area contributed by atoms with Crippen LogP contribution in [0.1, 0.15) is 31.1 Å². The Labute approximate surface area is 120 Å². The Bertz CT molecular complexity index is 472. The highest BCUT2D eigenvalue weighted by Gasteiger charge is 2.26. The molecule has 4 nitrogen and oxygen atoms in total. The number of benzene rings is 1. The van der Waals surface area contributed by atoms with E-state index in [9.17, 15) is 4.79 Å². The van der Waals surface area contributed by atoms with Crippen molar-refractivity contribution in [3.8, 4) is 11.5 Å². The maximum atomic E-state index is 12.5. The van der Waals surface area contributed by atoms with Gasteiger partial charge in [0.15, 0.2) is 11.5 Å². The summed E-state index contributed by atoms with van der Waals surface area (Å²) in [5.74, 6) is 1.59. The van der Waals surface area contributed by atoms with Crippen LogP contribution in [0.25, 0.3) is 0 Å². The van der Waals surface area contributed by atoms with E-state index in [-0.39, 0.29) is 5.78 Å². The summed E-state index contributed by atoms with van der Waals surface area (Å²) >= 11 is 0. The molecule has 0 unspecified atom stereocenters. The molecule has 20 heavy (non-hydrogen) atoms. The molecule has 0 fully saturated rings. The number of quaternary nitrogens is 1. The summed E-state index contributed by atoms with van der Waals surface area (Å²) in [6.45, 7) is 11.0. The second kappa shape index (κ2) is 6.27. The van der Waals surface area contributed by atoms with Crippen molar-refractivity contribution < 1.29 is 18.8 Å². The number of Topliss-reactive ketones (excluding diaryl/α,β-unsaturated/α-hetero) is 1. The molecule has 1 heterocycles. The highest BCUT2D eigenvalue weighted by atomic mass is 16.6. The van der Waals surface area contributed by atoms with E-state index in [0.29, 0.717) is 31.1 Å².